The molecule has 0 saturated carbocycles. The number of rotatable bonds is 6. The highest BCUT2D eigenvalue weighted by Gasteiger charge is 2.46. The number of Topliss-reactive ketones (excluding diaryl/α,β-unsaturated/α-hetero) is 1. The van der Waals surface area contributed by atoms with E-state index in [0.29, 0.717) is 50.5 Å². The maximum atomic E-state index is 12.9. The van der Waals surface area contributed by atoms with Crippen molar-refractivity contribution < 1.29 is 18.3 Å². The number of ketones is 1. The molecule has 2 aliphatic rings. The Morgan fingerprint density at radius 3 is 2.54 bits per heavy atom. The molecule has 1 fully saturated rings. The van der Waals surface area contributed by atoms with E-state index in [0.717, 1.165) is 11.3 Å². The van der Waals surface area contributed by atoms with Gasteiger partial charge in [0.15, 0.2) is 10.8 Å². The second-order valence-corrected chi connectivity index (χ2v) is 11.7. The Labute approximate surface area is 170 Å². The Bertz CT molecular complexity index is 869. The molecule has 3 N–H and O–H groups in total. The van der Waals surface area contributed by atoms with Crippen molar-refractivity contribution in [1.82, 2.24) is 4.31 Å². The first-order valence-corrected chi connectivity index (χ1v) is 12.0. The van der Waals surface area contributed by atoms with Gasteiger partial charge in [0.1, 0.15) is 15.6 Å². The fourth-order valence-corrected chi connectivity index (χ4v) is 7.05. The first-order valence-electron chi connectivity index (χ1n) is 9.71. The van der Waals surface area contributed by atoms with Crippen LogP contribution in [0.15, 0.2) is 21.3 Å². The summed E-state index contributed by atoms with van der Waals surface area (Å²) in [7, 11) is -3.57. The SMILES string of the molecule is CC(C)CC1(C)N=C(N)C(CC2CCN(S(=O)(=O)c3ccc(O)s3)CC2)C1=O. The summed E-state index contributed by atoms with van der Waals surface area (Å²) in [5, 5.41) is 9.44. The summed E-state index contributed by atoms with van der Waals surface area (Å²) in [5.74, 6) is 0.771. The Kier molecular flexibility index (Phi) is 5.89. The summed E-state index contributed by atoms with van der Waals surface area (Å²) >= 11 is 0.869. The molecule has 156 valence electrons. The molecular formula is C19H29N3O4S2. The molecule has 0 aromatic carbocycles. The molecule has 2 atom stereocenters. The van der Waals surface area contributed by atoms with E-state index in [4.69, 9.17) is 5.73 Å². The smallest absolute Gasteiger partial charge is 0.252 e. The van der Waals surface area contributed by atoms with Crippen molar-refractivity contribution in [3.8, 4) is 5.06 Å². The van der Waals surface area contributed by atoms with Gasteiger partial charge in [-0.3, -0.25) is 9.79 Å². The van der Waals surface area contributed by atoms with Crippen LogP contribution in [0.2, 0.25) is 0 Å². The molecule has 0 radical (unpaired) electrons. The highest BCUT2D eigenvalue weighted by Crippen LogP contribution is 2.37. The fraction of sp³-hybridized carbons (Fsp3) is 0.684. The number of nitrogens with zero attached hydrogens (tertiary/aromatic N) is 2. The molecular weight excluding hydrogens is 398 g/mol. The van der Waals surface area contributed by atoms with Crippen molar-refractivity contribution in [1.29, 1.82) is 0 Å². The van der Waals surface area contributed by atoms with Gasteiger partial charge in [-0.15, -0.1) is 0 Å². The zero-order chi connectivity index (χ0) is 20.7. The van der Waals surface area contributed by atoms with Crippen LogP contribution in [0.1, 0.15) is 46.5 Å². The van der Waals surface area contributed by atoms with Gasteiger partial charge in [0.25, 0.3) is 10.0 Å². The van der Waals surface area contributed by atoms with Gasteiger partial charge in [0, 0.05) is 13.1 Å². The molecule has 9 heteroatoms. The zero-order valence-electron chi connectivity index (χ0n) is 16.6. The number of carbonyl (C=O) groups is 1. The number of piperidine rings is 1. The summed E-state index contributed by atoms with van der Waals surface area (Å²) in [6.07, 6.45) is 2.70. The standard InChI is InChI=1S/C19H29N3O4S2/c1-12(2)11-19(3)17(24)14(18(20)21-19)10-13-6-8-22(9-7-13)28(25,26)16-5-4-15(23)27-16/h4-5,12-14,23H,6-11H2,1-3H3,(H2,20,21). The molecule has 2 unspecified atom stereocenters. The third-order valence-electron chi connectivity index (χ3n) is 5.69. The minimum absolute atomic E-state index is 0.00702. The van der Waals surface area contributed by atoms with Gasteiger partial charge in [-0.05, 0) is 56.6 Å². The lowest BCUT2D eigenvalue weighted by Crippen LogP contribution is -2.40. The Morgan fingerprint density at radius 2 is 2.00 bits per heavy atom. The van der Waals surface area contributed by atoms with Crippen LogP contribution in [-0.4, -0.2) is 48.1 Å². The van der Waals surface area contributed by atoms with Gasteiger partial charge in [-0.2, -0.15) is 4.31 Å². The van der Waals surface area contributed by atoms with Gasteiger partial charge in [-0.25, -0.2) is 8.42 Å². The van der Waals surface area contributed by atoms with Crippen LogP contribution < -0.4 is 5.73 Å². The lowest BCUT2D eigenvalue weighted by atomic mass is 9.79. The normalized spacial score (nSPS) is 27.5. The summed E-state index contributed by atoms with van der Waals surface area (Å²) in [4.78, 5) is 17.4. The first-order chi connectivity index (χ1) is 13.0. The van der Waals surface area contributed by atoms with Crippen molar-refractivity contribution in [2.75, 3.05) is 13.1 Å². The highest BCUT2D eigenvalue weighted by atomic mass is 32.2. The van der Waals surface area contributed by atoms with Crippen LogP contribution in [-0.2, 0) is 14.8 Å². The van der Waals surface area contributed by atoms with Gasteiger partial charge in [0.05, 0.1) is 5.92 Å². The first kappa shape index (κ1) is 21.3. The number of thiophene rings is 1. The number of aliphatic imine (C=N–C) groups is 1. The Hall–Kier alpha value is -1.45. The number of hydrogen-bond acceptors (Lipinski definition) is 7. The van der Waals surface area contributed by atoms with Gasteiger partial charge in [0.2, 0.25) is 0 Å². The summed E-state index contributed by atoms with van der Waals surface area (Å²) in [6.45, 7) is 6.83. The zero-order valence-corrected chi connectivity index (χ0v) is 18.2. The van der Waals surface area contributed by atoms with Crippen molar-refractivity contribution in [2.24, 2.45) is 28.5 Å². The van der Waals surface area contributed by atoms with E-state index in [-0.39, 0.29) is 26.9 Å². The summed E-state index contributed by atoms with van der Waals surface area (Å²) in [5.41, 5.74) is 5.39. The number of sulfonamides is 1. The van der Waals surface area contributed by atoms with Gasteiger partial charge >= 0.3 is 0 Å². The predicted octanol–water partition coefficient (Wildman–Crippen LogP) is 2.61. The van der Waals surface area contributed by atoms with E-state index < -0.39 is 15.6 Å². The van der Waals surface area contributed by atoms with Crippen LogP contribution >= 0.6 is 11.3 Å². The Balaban J connectivity index is 1.61. The molecule has 0 bridgehead atoms. The van der Waals surface area contributed by atoms with Crippen molar-refractivity contribution in [2.45, 2.75) is 56.2 Å². The summed E-state index contributed by atoms with van der Waals surface area (Å²) in [6, 6.07) is 2.83. The minimum Gasteiger partial charge on any atom is -0.499 e. The van der Waals surface area contributed by atoms with Gasteiger partial charge < -0.3 is 10.8 Å². The number of aromatic hydroxyl groups is 1. The molecule has 0 spiro atoms. The third kappa shape index (κ3) is 4.11. The molecule has 3 heterocycles. The number of nitrogens with two attached hydrogens (primary N) is 1. The number of amidine groups is 1. The monoisotopic (exact) mass is 427 g/mol. The lowest BCUT2D eigenvalue weighted by Gasteiger charge is -2.32. The molecule has 0 amide bonds. The van der Waals surface area contributed by atoms with Crippen LogP contribution in [0, 0.1) is 17.8 Å². The molecule has 1 aromatic heterocycles. The molecule has 0 aliphatic carbocycles. The van der Waals surface area contributed by atoms with Crippen LogP contribution in [0.25, 0.3) is 0 Å². The number of carbonyl (C=O) groups excluding carboxylic acids is 1. The van der Waals surface area contributed by atoms with Crippen molar-refractivity contribution in [3.05, 3.63) is 12.1 Å². The van der Waals surface area contributed by atoms with E-state index in [9.17, 15) is 18.3 Å². The van der Waals surface area contributed by atoms with Crippen molar-refractivity contribution in [3.63, 3.8) is 0 Å². The van der Waals surface area contributed by atoms with E-state index in [1.807, 2.05) is 6.92 Å². The molecule has 1 saturated heterocycles. The molecule has 28 heavy (non-hydrogen) atoms. The van der Waals surface area contributed by atoms with Crippen LogP contribution in [0.5, 0.6) is 5.06 Å². The second kappa shape index (κ2) is 7.76. The second-order valence-electron chi connectivity index (χ2n) is 8.50. The topological polar surface area (TPSA) is 113 Å². The van der Waals surface area contributed by atoms with Crippen LogP contribution in [0.3, 0.4) is 0 Å². The predicted molar refractivity (Wildman–Crippen MR) is 110 cm³/mol. The summed E-state index contributed by atoms with van der Waals surface area (Å²) < 4.78 is 27.0. The molecule has 2 aliphatic heterocycles. The average molecular weight is 428 g/mol. The molecule has 1 aromatic rings. The highest BCUT2D eigenvalue weighted by molar-refractivity contribution is 7.91. The maximum absolute atomic E-state index is 12.9. The average Bonchev–Trinajstić information content (AvgIpc) is 3.13. The molecule has 7 nitrogen and oxygen atoms in total. The minimum atomic E-state index is -3.57. The third-order valence-corrected chi connectivity index (χ3v) is 8.94. The van der Waals surface area contributed by atoms with Crippen molar-refractivity contribution >= 4 is 33.0 Å². The van der Waals surface area contributed by atoms with E-state index in [1.165, 1.54) is 16.4 Å². The van der Waals surface area contributed by atoms with E-state index in [1.54, 1.807) is 0 Å². The number of hydrogen-bond donors (Lipinski definition) is 2. The van der Waals surface area contributed by atoms with Crippen LogP contribution in [0.4, 0.5) is 0 Å². The quantitative estimate of drug-likeness (QED) is 0.724. The Morgan fingerprint density at radius 1 is 1.36 bits per heavy atom. The molecule has 3 rings (SSSR count). The maximum Gasteiger partial charge on any atom is 0.252 e. The van der Waals surface area contributed by atoms with E-state index >= 15 is 0 Å². The fourth-order valence-electron chi connectivity index (χ4n) is 4.39. The largest absolute Gasteiger partial charge is 0.499 e. The lowest BCUT2D eigenvalue weighted by molar-refractivity contribution is -0.125. The van der Waals surface area contributed by atoms with Gasteiger partial charge in [-0.1, -0.05) is 25.2 Å². The van der Waals surface area contributed by atoms with E-state index in [2.05, 4.69) is 18.8 Å².